The van der Waals surface area contributed by atoms with Crippen molar-refractivity contribution in [3.8, 4) is 23.0 Å². The van der Waals surface area contributed by atoms with Gasteiger partial charge in [0.2, 0.25) is 0 Å². The van der Waals surface area contributed by atoms with E-state index in [9.17, 15) is 4.79 Å². The van der Waals surface area contributed by atoms with Gasteiger partial charge in [0.1, 0.15) is 21.7 Å². The van der Waals surface area contributed by atoms with Gasteiger partial charge < -0.3 is 23.8 Å². The normalized spacial score (nSPS) is 11.3. The lowest BCUT2D eigenvalue weighted by atomic mass is 10.2. The highest BCUT2D eigenvalue weighted by atomic mass is 32.1. The second-order valence-corrected chi connectivity index (χ2v) is 8.59. The van der Waals surface area contributed by atoms with Gasteiger partial charge in [-0.15, -0.1) is 0 Å². The van der Waals surface area contributed by atoms with Gasteiger partial charge in [-0.3, -0.25) is 9.69 Å². The van der Waals surface area contributed by atoms with Gasteiger partial charge in [0.05, 0.1) is 28.4 Å². The molecule has 188 valence electrons. The van der Waals surface area contributed by atoms with E-state index < -0.39 is 0 Å². The molecular formula is C26H33N3O5S. The first kappa shape index (κ1) is 26.3. The number of fused-ring (bicyclic) bond motifs is 1. The fourth-order valence-electron chi connectivity index (χ4n) is 3.69. The van der Waals surface area contributed by atoms with Crippen LogP contribution in [0.15, 0.2) is 36.4 Å². The minimum atomic E-state index is -0.163. The topological polar surface area (TPSA) is 73.4 Å². The van der Waals surface area contributed by atoms with Crippen LogP contribution in [0.4, 0.5) is 5.13 Å². The summed E-state index contributed by atoms with van der Waals surface area (Å²) in [7, 11) is 6.40. The van der Waals surface area contributed by atoms with Gasteiger partial charge in [-0.1, -0.05) is 31.3 Å². The zero-order chi connectivity index (χ0) is 25.4. The maximum Gasteiger partial charge on any atom is 0.252 e. The largest absolute Gasteiger partial charge is 0.495 e. The Morgan fingerprint density at radius 1 is 0.886 bits per heavy atom. The fraction of sp³-hybridized carbons (Fsp3) is 0.385. The van der Waals surface area contributed by atoms with Crippen molar-refractivity contribution < 1.29 is 23.7 Å². The molecule has 1 heterocycles. The smallest absolute Gasteiger partial charge is 0.252 e. The molecule has 1 aromatic heterocycles. The Kier molecular flexibility index (Phi) is 9.33. The van der Waals surface area contributed by atoms with E-state index in [1.165, 1.54) is 11.3 Å². The predicted molar refractivity (Wildman–Crippen MR) is 141 cm³/mol. The average Bonchev–Trinajstić information content (AvgIpc) is 3.34. The highest BCUT2D eigenvalue weighted by Gasteiger charge is 2.22. The number of hydrogen-bond acceptors (Lipinski definition) is 8. The van der Waals surface area contributed by atoms with Crippen molar-refractivity contribution in [1.82, 2.24) is 9.88 Å². The summed E-state index contributed by atoms with van der Waals surface area (Å²) in [6, 6.07) is 9.19. The van der Waals surface area contributed by atoms with Gasteiger partial charge in [-0.25, -0.2) is 4.98 Å². The number of hydrogen-bond donors (Lipinski definition) is 0. The molecule has 0 atom stereocenters. The number of rotatable bonds is 12. The number of thiazole rings is 1. The van der Waals surface area contributed by atoms with Crippen LogP contribution in [0, 0.1) is 0 Å². The quantitative estimate of drug-likeness (QED) is 0.334. The lowest BCUT2D eigenvalue weighted by molar-refractivity contribution is -0.114. The van der Waals surface area contributed by atoms with Gasteiger partial charge >= 0.3 is 0 Å². The summed E-state index contributed by atoms with van der Waals surface area (Å²) >= 11 is 1.41. The molecule has 0 aliphatic heterocycles. The van der Waals surface area contributed by atoms with Gasteiger partial charge in [0.25, 0.3) is 5.91 Å². The molecule has 8 nitrogen and oxygen atoms in total. The molecule has 0 radical (unpaired) electrons. The molecule has 0 unspecified atom stereocenters. The van der Waals surface area contributed by atoms with E-state index in [2.05, 4.69) is 18.7 Å². The van der Waals surface area contributed by atoms with Gasteiger partial charge in [-0.2, -0.15) is 0 Å². The lowest BCUT2D eigenvalue weighted by Crippen LogP contribution is -2.38. The van der Waals surface area contributed by atoms with E-state index in [-0.39, 0.29) is 5.91 Å². The molecule has 35 heavy (non-hydrogen) atoms. The Morgan fingerprint density at radius 3 is 2.14 bits per heavy atom. The minimum absolute atomic E-state index is 0.163. The number of amides is 1. The summed E-state index contributed by atoms with van der Waals surface area (Å²) in [5, 5.41) is 0.594. The second-order valence-electron chi connectivity index (χ2n) is 7.61. The molecule has 0 aliphatic carbocycles. The van der Waals surface area contributed by atoms with Crippen molar-refractivity contribution in [2.24, 2.45) is 0 Å². The SMILES string of the molecule is CCN(CC)CCN(C(=O)/C=C/c1ccc(OC)c(OC)c1)c1nc2c(OC)ccc(OC)c2s1. The molecule has 0 saturated heterocycles. The highest BCUT2D eigenvalue weighted by molar-refractivity contribution is 7.22. The Bertz CT molecular complexity index is 1130. The first-order valence-corrected chi connectivity index (χ1v) is 12.3. The predicted octanol–water partition coefficient (Wildman–Crippen LogP) is 4.72. The summed E-state index contributed by atoms with van der Waals surface area (Å²) in [4.78, 5) is 22.2. The maximum atomic E-state index is 13.4. The Labute approximate surface area is 210 Å². The number of carbonyl (C=O) groups excluding carboxylic acids is 1. The van der Waals surface area contributed by atoms with Crippen LogP contribution in [-0.4, -0.2) is 70.4 Å². The zero-order valence-electron chi connectivity index (χ0n) is 21.2. The first-order valence-electron chi connectivity index (χ1n) is 11.4. The van der Waals surface area contributed by atoms with Crippen molar-refractivity contribution in [3.63, 3.8) is 0 Å². The summed E-state index contributed by atoms with van der Waals surface area (Å²) in [6.07, 6.45) is 3.33. The van der Waals surface area contributed by atoms with Crippen molar-refractivity contribution in [2.75, 3.05) is 59.5 Å². The number of ether oxygens (including phenoxy) is 4. The molecular weight excluding hydrogens is 466 g/mol. The standard InChI is InChI=1S/C26H33N3O5S/c1-7-28(8-2)15-16-29(23(30)14-10-18-9-11-19(31-3)22(17-18)34-6)26-27-24-20(32-4)12-13-21(33-5)25(24)35-26/h9-14,17H,7-8,15-16H2,1-6H3/b14-10+. The molecule has 2 aromatic carbocycles. The molecule has 0 bridgehead atoms. The Morgan fingerprint density at radius 2 is 1.51 bits per heavy atom. The average molecular weight is 500 g/mol. The Balaban J connectivity index is 1.97. The van der Waals surface area contributed by atoms with Crippen LogP contribution < -0.4 is 23.8 Å². The summed E-state index contributed by atoms with van der Waals surface area (Å²) in [6.45, 7) is 7.26. The van der Waals surface area contributed by atoms with E-state index in [0.717, 1.165) is 29.9 Å². The van der Waals surface area contributed by atoms with E-state index in [1.807, 2.05) is 30.3 Å². The third-order valence-electron chi connectivity index (χ3n) is 5.76. The number of nitrogens with zero attached hydrogens (tertiary/aromatic N) is 3. The van der Waals surface area contributed by atoms with Gasteiger partial charge in [0, 0.05) is 19.2 Å². The van der Waals surface area contributed by atoms with E-state index in [4.69, 9.17) is 23.9 Å². The van der Waals surface area contributed by atoms with Crippen molar-refractivity contribution in [2.45, 2.75) is 13.8 Å². The molecule has 0 fully saturated rings. The minimum Gasteiger partial charge on any atom is -0.495 e. The number of benzene rings is 2. The van der Waals surface area contributed by atoms with Gasteiger partial charge in [0.15, 0.2) is 16.6 Å². The maximum absolute atomic E-state index is 13.4. The summed E-state index contributed by atoms with van der Waals surface area (Å²) < 4.78 is 22.5. The molecule has 1 amide bonds. The summed E-state index contributed by atoms with van der Waals surface area (Å²) in [5.74, 6) is 2.41. The Hall–Kier alpha value is -3.30. The van der Waals surface area contributed by atoms with Crippen LogP contribution in [0.5, 0.6) is 23.0 Å². The van der Waals surface area contributed by atoms with Crippen molar-refractivity contribution >= 4 is 38.7 Å². The number of aromatic nitrogens is 1. The molecule has 0 aliphatic rings. The van der Waals surface area contributed by atoms with Crippen LogP contribution >= 0.6 is 11.3 Å². The van der Waals surface area contributed by atoms with Crippen LogP contribution in [0.1, 0.15) is 19.4 Å². The third kappa shape index (κ3) is 6.04. The number of likely N-dealkylation sites (N-methyl/N-ethyl adjacent to an activating group) is 1. The molecule has 0 saturated carbocycles. The van der Waals surface area contributed by atoms with Crippen LogP contribution in [-0.2, 0) is 4.79 Å². The van der Waals surface area contributed by atoms with E-state index >= 15 is 0 Å². The molecule has 3 aromatic rings. The molecule has 9 heteroatoms. The molecule has 3 rings (SSSR count). The van der Waals surface area contributed by atoms with Crippen molar-refractivity contribution in [3.05, 3.63) is 42.0 Å². The molecule has 0 N–H and O–H groups in total. The van der Waals surface area contributed by atoms with Crippen LogP contribution in [0.25, 0.3) is 16.3 Å². The van der Waals surface area contributed by atoms with Crippen molar-refractivity contribution in [1.29, 1.82) is 0 Å². The highest BCUT2D eigenvalue weighted by Crippen LogP contribution is 2.40. The number of methoxy groups -OCH3 is 4. The number of carbonyl (C=O) groups is 1. The zero-order valence-corrected chi connectivity index (χ0v) is 22.0. The second kappa shape index (κ2) is 12.4. The summed E-state index contributed by atoms with van der Waals surface area (Å²) in [5.41, 5.74) is 1.50. The molecule has 0 spiro atoms. The van der Waals surface area contributed by atoms with E-state index in [1.54, 1.807) is 45.5 Å². The monoisotopic (exact) mass is 499 g/mol. The number of anilines is 1. The van der Waals surface area contributed by atoms with Crippen LogP contribution in [0.3, 0.4) is 0 Å². The third-order valence-corrected chi connectivity index (χ3v) is 6.85. The van der Waals surface area contributed by atoms with Gasteiger partial charge in [-0.05, 0) is 49.0 Å². The fourth-order valence-corrected chi connectivity index (χ4v) is 4.79. The first-order chi connectivity index (χ1) is 17.0. The van der Waals surface area contributed by atoms with E-state index in [0.29, 0.717) is 40.2 Å². The van der Waals surface area contributed by atoms with Crippen LogP contribution in [0.2, 0.25) is 0 Å². The lowest BCUT2D eigenvalue weighted by Gasteiger charge is -2.23.